The highest BCUT2D eigenvalue weighted by Crippen LogP contribution is 2.32. The lowest BCUT2D eigenvalue weighted by Gasteiger charge is -2.19. The maximum Gasteiger partial charge on any atom is 0.416 e. The van der Waals surface area contributed by atoms with Gasteiger partial charge in [0.25, 0.3) is 0 Å². The van der Waals surface area contributed by atoms with Gasteiger partial charge in [0.2, 0.25) is 9.84 Å². The fourth-order valence-electron chi connectivity index (χ4n) is 3.41. The molecule has 0 aliphatic carbocycles. The van der Waals surface area contributed by atoms with Crippen LogP contribution in [-0.2, 0) is 27.2 Å². The van der Waals surface area contributed by atoms with Crippen LogP contribution in [0.15, 0.2) is 52.3 Å². The van der Waals surface area contributed by atoms with Crippen molar-refractivity contribution in [3.8, 4) is 0 Å². The summed E-state index contributed by atoms with van der Waals surface area (Å²) < 4.78 is 69.7. The number of rotatable bonds is 5. The second-order valence-electron chi connectivity index (χ2n) is 8.64. The third-order valence-corrected chi connectivity index (χ3v) is 6.70. The first-order valence-electron chi connectivity index (χ1n) is 10.2. The SMILES string of the molecule is Cc1[nH]c2ccc(S(=O)(=O)c3ccc(C(F)(F)F)cc3)cc2c1CCNC(=O)OC(C)(C)C. The highest BCUT2D eigenvalue weighted by atomic mass is 32.2. The van der Waals surface area contributed by atoms with Crippen LogP contribution in [0.1, 0.15) is 37.6 Å². The van der Waals surface area contributed by atoms with Crippen LogP contribution in [0.5, 0.6) is 0 Å². The first kappa shape index (κ1) is 24.6. The van der Waals surface area contributed by atoms with Crippen LogP contribution in [0, 0.1) is 6.92 Å². The number of hydrogen-bond acceptors (Lipinski definition) is 4. The van der Waals surface area contributed by atoms with Gasteiger partial charge in [-0.25, -0.2) is 13.2 Å². The van der Waals surface area contributed by atoms with Crippen molar-refractivity contribution < 1.29 is 31.1 Å². The number of H-pyrrole nitrogens is 1. The van der Waals surface area contributed by atoms with Crippen LogP contribution in [0.3, 0.4) is 0 Å². The molecule has 3 aromatic rings. The van der Waals surface area contributed by atoms with E-state index in [0.717, 1.165) is 35.5 Å². The maximum atomic E-state index is 13.0. The molecule has 0 radical (unpaired) electrons. The van der Waals surface area contributed by atoms with Crippen LogP contribution < -0.4 is 5.32 Å². The summed E-state index contributed by atoms with van der Waals surface area (Å²) in [5.41, 5.74) is 0.817. The number of ether oxygens (including phenoxy) is 1. The number of carbonyl (C=O) groups excluding carboxylic acids is 1. The van der Waals surface area contributed by atoms with E-state index in [1.165, 1.54) is 12.1 Å². The zero-order valence-corrected chi connectivity index (χ0v) is 19.4. The van der Waals surface area contributed by atoms with E-state index >= 15 is 0 Å². The van der Waals surface area contributed by atoms with Gasteiger partial charge in [0, 0.05) is 23.1 Å². The number of sulfone groups is 1. The minimum atomic E-state index is -4.55. The van der Waals surface area contributed by atoms with E-state index in [-0.39, 0.29) is 16.3 Å². The molecule has 178 valence electrons. The summed E-state index contributed by atoms with van der Waals surface area (Å²) in [5.74, 6) is 0. The summed E-state index contributed by atoms with van der Waals surface area (Å²) in [4.78, 5) is 14.8. The molecule has 10 heteroatoms. The highest BCUT2D eigenvalue weighted by molar-refractivity contribution is 7.91. The van der Waals surface area contributed by atoms with E-state index in [9.17, 15) is 26.4 Å². The molecule has 6 nitrogen and oxygen atoms in total. The van der Waals surface area contributed by atoms with Crippen LogP contribution in [0.25, 0.3) is 10.9 Å². The van der Waals surface area contributed by atoms with Gasteiger partial charge in [-0.05, 0) is 82.1 Å². The summed E-state index contributed by atoms with van der Waals surface area (Å²) >= 11 is 0. The number of alkyl halides is 3. The summed E-state index contributed by atoms with van der Waals surface area (Å²) in [6, 6.07) is 7.93. The Bertz CT molecular complexity index is 1270. The van der Waals surface area contributed by atoms with Crippen molar-refractivity contribution in [2.75, 3.05) is 6.54 Å². The minimum absolute atomic E-state index is 0.0323. The van der Waals surface area contributed by atoms with Gasteiger partial charge in [-0.3, -0.25) is 0 Å². The molecule has 0 saturated heterocycles. The molecule has 0 aliphatic heterocycles. The smallest absolute Gasteiger partial charge is 0.416 e. The molecule has 0 unspecified atom stereocenters. The second-order valence-corrected chi connectivity index (χ2v) is 10.6. The average molecular weight is 483 g/mol. The van der Waals surface area contributed by atoms with Gasteiger partial charge < -0.3 is 15.0 Å². The molecular weight excluding hydrogens is 457 g/mol. The van der Waals surface area contributed by atoms with Crippen molar-refractivity contribution in [3.05, 3.63) is 59.3 Å². The number of aromatic amines is 1. The number of carbonyl (C=O) groups is 1. The van der Waals surface area contributed by atoms with E-state index in [4.69, 9.17) is 4.74 Å². The van der Waals surface area contributed by atoms with E-state index in [1.54, 1.807) is 26.8 Å². The predicted octanol–water partition coefficient (Wildman–Crippen LogP) is 5.40. The molecule has 0 fully saturated rings. The zero-order valence-electron chi connectivity index (χ0n) is 18.6. The molecule has 1 heterocycles. The summed E-state index contributed by atoms with van der Waals surface area (Å²) in [5, 5.41) is 3.33. The first-order valence-corrected chi connectivity index (χ1v) is 11.7. The topological polar surface area (TPSA) is 88.3 Å². The second kappa shape index (κ2) is 8.74. The molecule has 2 N–H and O–H groups in total. The number of aryl methyl sites for hydroxylation is 1. The largest absolute Gasteiger partial charge is 0.444 e. The Morgan fingerprint density at radius 2 is 1.64 bits per heavy atom. The maximum absolute atomic E-state index is 13.0. The monoisotopic (exact) mass is 482 g/mol. The Morgan fingerprint density at radius 1 is 1.03 bits per heavy atom. The fraction of sp³-hybridized carbons (Fsp3) is 0.348. The molecule has 0 atom stereocenters. The van der Waals surface area contributed by atoms with E-state index in [2.05, 4.69) is 10.3 Å². The fourth-order valence-corrected chi connectivity index (χ4v) is 4.70. The van der Waals surface area contributed by atoms with Gasteiger partial charge >= 0.3 is 12.3 Å². The number of benzene rings is 2. The van der Waals surface area contributed by atoms with Crippen LogP contribution in [0.4, 0.5) is 18.0 Å². The number of aromatic nitrogens is 1. The lowest BCUT2D eigenvalue weighted by molar-refractivity contribution is -0.137. The number of halogens is 3. The number of amides is 1. The Kier molecular flexibility index (Phi) is 6.52. The number of alkyl carbamates (subject to hydrolysis) is 1. The molecule has 33 heavy (non-hydrogen) atoms. The van der Waals surface area contributed by atoms with Crippen molar-refractivity contribution in [2.45, 2.75) is 55.7 Å². The predicted molar refractivity (Wildman–Crippen MR) is 118 cm³/mol. The zero-order chi connectivity index (χ0) is 24.6. The number of nitrogens with one attached hydrogen (secondary N) is 2. The molecule has 3 rings (SSSR count). The van der Waals surface area contributed by atoms with Gasteiger partial charge in [-0.15, -0.1) is 0 Å². The molecule has 0 saturated carbocycles. The van der Waals surface area contributed by atoms with Gasteiger partial charge in [0.05, 0.1) is 15.4 Å². The summed E-state index contributed by atoms with van der Waals surface area (Å²) in [6.45, 7) is 7.39. The van der Waals surface area contributed by atoms with Crippen LogP contribution in [-0.4, -0.2) is 31.6 Å². The van der Waals surface area contributed by atoms with E-state index in [1.807, 2.05) is 6.92 Å². The molecule has 0 bridgehead atoms. The normalized spacial score (nSPS) is 12.7. The van der Waals surface area contributed by atoms with Crippen molar-refractivity contribution in [2.24, 2.45) is 0 Å². The van der Waals surface area contributed by atoms with E-state index < -0.39 is 33.3 Å². The van der Waals surface area contributed by atoms with Crippen molar-refractivity contribution in [3.63, 3.8) is 0 Å². The Hall–Kier alpha value is -3.01. The Balaban J connectivity index is 1.86. The van der Waals surface area contributed by atoms with Crippen LogP contribution in [0.2, 0.25) is 0 Å². The van der Waals surface area contributed by atoms with Gasteiger partial charge in [0.15, 0.2) is 0 Å². The Labute approximate surface area is 190 Å². The highest BCUT2D eigenvalue weighted by Gasteiger charge is 2.31. The summed E-state index contributed by atoms with van der Waals surface area (Å²) in [6.07, 6.45) is -4.67. The average Bonchev–Trinajstić information content (AvgIpc) is 3.00. The first-order chi connectivity index (χ1) is 15.2. The van der Waals surface area contributed by atoms with Gasteiger partial charge in [0.1, 0.15) is 5.60 Å². The number of hydrogen-bond donors (Lipinski definition) is 2. The molecule has 0 spiro atoms. The quantitative estimate of drug-likeness (QED) is 0.510. The summed E-state index contributed by atoms with van der Waals surface area (Å²) in [7, 11) is -4.03. The van der Waals surface area contributed by atoms with Crippen molar-refractivity contribution >= 4 is 26.8 Å². The third-order valence-electron chi connectivity index (χ3n) is 4.94. The van der Waals surface area contributed by atoms with Gasteiger partial charge in [-0.1, -0.05) is 0 Å². The molecule has 0 aliphatic rings. The third kappa shape index (κ3) is 5.68. The number of fused-ring (bicyclic) bond motifs is 1. The minimum Gasteiger partial charge on any atom is -0.444 e. The van der Waals surface area contributed by atoms with Gasteiger partial charge in [-0.2, -0.15) is 13.2 Å². The Morgan fingerprint density at radius 3 is 2.21 bits per heavy atom. The lowest BCUT2D eigenvalue weighted by Crippen LogP contribution is -2.33. The van der Waals surface area contributed by atoms with Crippen molar-refractivity contribution in [1.29, 1.82) is 0 Å². The lowest BCUT2D eigenvalue weighted by atomic mass is 10.1. The molecular formula is C23H25F3N2O4S. The van der Waals surface area contributed by atoms with Crippen molar-refractivity contribution in [1.82, 2.24) is 10.3 Å². The van der Waals surface area contributed by atoms with E-state index in [0.29, 0.717) is 17.3 Å². The standard InChI is InChI=1S/C23H25F3N2O4S/c1-14-18(11-12-27-21(29)32-22(2,3)4)19-13-17(9-10-20(19)28-14)33(30,31)16-7-5-15(6-8-16)23(24,25)26/h5-10,13,28H,11-12H2,1-4H3,(H,27,29). The van der Waals surface area contributed by atoms with Crippen LogP contribution >= 0.6 is 0 Å². The molecule has 2 aromatic carbocycles. The molecule has 1 aromatic heterocycles. The molecule has 1 amide bonds.